The number of hydrogen-bond acceptors (Lipinski definition) is 3. The first kappa shape index (κ1) is 15.0. The number of hydrogen-bond donors (Lipinski definition) is 1. The summed E-state index contributed by atoms with van der Waals surface area (Å²) in [6, 6.07) is 9.75. The van der Waals surface area contributed by atoms with Crippen molar-refractivity contribution >= 4 is 5.97 Å². The Kier molecular flexibility index (Phi) is 4.81. The summed E-state index contributed by atoms with van der Waals surface area (Å²) in [5.74, 6) is 0.195. The van der Waals surface area contributed by atoms with E-state index in [0.717, 1.165) is 31.2 Å². The third kappa shape index (κ3) is 4.07. The molecule has 0 aliphatic heterocycles. The molecular weight excluding hydrogens is 252 g/mol. The molecule has 1 N–H and O–H groups in total. The van der Waals surface area contributed by atoms with Crippen molar-refractivity contribution in [2.45, 2.75) is 51.7 Å². The summed E-state index contributed by atoms with van der Waals surface area (Å²) in [5, 5.41) is 10.0. The lowest BCUT2D eigenvalue weighted by atomic mass is 9.75. The number of esters is 1. The highest BCUT2D eigenvalue weighted by Crippen LogP contribution is 2.35. The van der Waals surface area contributed by atoms with Crippen LogP contribution in [0.2, 0.25) is 0 Å². The third-order valence-electron chi connectivity index (χ3n) is 4.28. The summed E-state index contributed by atoms with van der Waals surface area (Å²) < 4.78 is 5.39. The fourth-order valence-electron chi connectivity index (χ4n) is 2.88. The van der Waals surface area contributed by atoms with Crippen molar-refractivity contribution in [3.05, 3.63) is 35.9 Å². The summed E-state index contributed by atoms with van der Waals surface area (Å²) in [6.45, 7) is 4.06. The van der Waals surface area contributed by atoms with Crippen LogP contribution in [0.5, 0.6) is 0 Å². The molecule has 0 saturated heterocycles. The Morgan fingerprint density at radius 1 is 1.20 bits per heavy atom. The largest absolute Gasteiger partial charge is 0.461 e. The second kappa shape index (κ2) is 6.40. The van der Waals surface area contributed by atoms with Crippen LogP contribution in [0.15, 0.2) is 30.3 Å². The summed E-state index contributed by atoms with van der Waals surface area (Å²) in [4.78, 5) is 12.0. The summed E-state index contributed by atoms with van der Waals surface area (Å²) >= 11 is 0. The van der Waals surface area contributed by atoms with Crippen LogP contribution >= 0.6 is 0 Å². The minimum atomic E-state index is -0.640. The Morgan fingerprint density at radius 3 is 2.35 bits per heavy atom. The van der Waals surface area contributed by atoms with E-state index in [1.165, 1.54) is 0 Å². The molecule has 0 amide bonds. The molecule has 0 unspecified atom stereocenters. The van der Waals surface area contributed by atoms with Crippen molar-refractivity contribution < 1.29 is 14.6 Å². The minimum Gasteiger partial charge on any atom is -0.461 e. The minimum absolute atomic E-state index is 0.00249. The second-order valence-corrected chi connectivity index (χ2v) is 6.30. The molecule has 3 heteroatoms. The van der Waals surface area contributed by atoms with Crippen molar-refractivity contribution in [2.24, 2.45) is 11.8 Å². The number of ether oxygens (including phenoxy) is 1. The van der Waals surface area contributed by atoms with Crippen LogP contribution in [0, 0.1) is 11.8 Å². The van der Waals surface area contributed by atoms with Crippen LogP contribution < -0.4 is 0 Å². The first-order valence-electron chi connectivity index (χ1n) is 7.40. The fraction of sp³-hybridized carbons (Fsp3) is 0.588. The predicted molar refractivity (Wildman–Crippen MR) is 78.0 cm³/mol. The number of benzene rings is 1. The molecule has 1 aromatic rings. The zero-order valence-corrected chi connectivity index (χ0v) is 12.3. The Bertz CT molecular complexity index is 425. The van der Waals surface area contributed by atoms with Gasteiger partial charge in [-0.25, -0.2) is 0 Å². The van der Waals surface area contributed by atoms with Crippen LogP contribution in [0.1, 0.15) is 45.1 Å². The van der Waals surface area contributed by atoms with E-state index in [-0.39, 0.29) is 11.9 Å². The SMILES string of the molecule is CC(C)(O)C1CCC(C(=O)OCc2ccccc2)CC1. The molecule has 1 aromatic carbocycles. The molecule has 1 saturated carbocycles. The van der Waals surface area contributed by atoms with Crippen molar-refractivity contribution in [1.29, 1.82) is 0 Å². The molecule has 0 spiro atoms. The maximum absolute atomic E-state index is 12.0. The molecule has 0 bridgehead atoms. The van der Waals surface area contributed by atoms with E-state index in [1.807, 2.05) is 44.2 Å². The Hall–Kier alpha value is -1.35. The van der Waals surface area contributed by atoms with E-state index < -0.39 is 5.60 Å². The van der Waals surface area contributed by atoms with Gasteiger partial charge in [-0.05, 0) is 51.0 Å². The van der Waals surface area contributed by atoms with Gasteiger partial charge < -0.3 is 9.84 Å². The van der Waals surface area contributed by atoms with Crippen LogP contribution in [0.4, 0.5) is 0 Å². The molecule has 0 atom stereocenters. The Labute approximate surface area is 121 Å². The van der Waals surface area contributed by atoms with Gasteiger partial charge in [-0.15, -0.1) is 0 Å². The lowest BCUT2D eigenvalue weighted by Crippen LogP contribution is -2.35. The van der Waals surface area contributed by atoms with Gasteiger partial charge in [0.2, 0.25) is 0 Å². The fourth-order valence-corrected chi connectivity index (χ4v) is 2.88. The second-order valence-electron chi connectivity index (χ2n) is 6.30. The smallest absolute Gasteiger partial charge is 0.309 e. The van der Waals surface area contributed by atoms with Gasteiger partial charge in [-0.1, -0.05) is 30.3 Å². The van der Waals surface area contributed by atoms with Gasteiger partial charge in [-0.2, -0.15) is 0 Å². The van der Waals surface area contributed by atoms with E-state index in [1.54, 1.807) is 0 Å². The summed E-state index contributed by atoms with van der Waals surface area (Å²) in [6.07, 6.45) is 3.44. The Morgan fingerprint density at radius 2 is 1.80 bits per heavy atom. The monoisotopic (exact) mass is 276 g/mol. The highest BCUT2D eigenvalue weighted by molar-refractivity contribution is 5.72. The molecule has 20 heavy (non-hydrogen) atoms. The van der Waals surface area contributed by atoms with Crippen molar-refractivity contribution in [3.8, 4) is 0 Å². The Balaban J connectivity index is 1.78. The van der Waals surface area contributed by atoms with Gasteiger partial charge in [0.25, 0.3) is 0 Å². The lowest BCUT2D eigenvalue weighted by molar-refractivity contribution is -0.152. The number of rotatable bonds is 4. The highest BCUT2D eigenvalue weighted by Gasteiger charge is 2.34. The first-order valence-corrected chi connectivity index (χ1v) is 7.40. The van der Waals surface area contributed by atoms with Crippen LogP contribution in [0.3, 0.4) is 0 Å². The van der Waals surface area contributed by atoms with E-state index in [0.29, 0.717) is 12.5 Å². The van der Waals surface area contributed by atoms with Crippen molar-refractivity contribution in [2.75, 3.05) is 0 Å². The summed E-state index contributed by atoms with van der Waals surface area (Å²) in [7, 11) is 0. The van der Waals surface area contributed by atoms with Gasteiger partial charge in [0.05, 0.1) is 11.5 Å². The molecule has 110 valence electrons. The van der Waals surface area contributed by atoms with Crippen LogP contribution in [-0.2, 0) is 16.1 Å². The molecule has 1 aliphatic rings. The average Bonchev–Trinajstić information content (AvgIpc) is 2.45. The van der Waals surface area contributed by atoms with Gasteiger partial charge in [-0.3, -0.25) is 4.79 Å². The number of carbonyl (C=O) groups is 1. The molecule has 1 aliphatic carbocycles. The quantitative estimate of drug-likeness (QED) is 0.858. The van der Waals surface area contributed by atoms with Crippen LogP contribution in [-0.4, -0.2) is 16.7 Å². The standard InChI is InChI=1S/C17H24O3/c1-17(2,19)15-10-8-14(9-11-15)16(18)20-12-13-6-4-3-5-7-13/h3-7,14-15,19H,8-12H2,1-2H3. The first-order chi connectivity index (χ1) is 9.47. The molecule has 2 rings (SSSR count). The lowest BCUT2D eigenvalue weighted by Gasteiger charge is -2.35. The molecule has 3 nitrogen and oxygen atoms in total. The number of carbonyl (C=O) groups excluding carboxylic acids is 1. The van der Waals surface area contributed by atoms with Gasteiger partial charge in [0, 0.05) is 0 Å². The number of aliphatic hydroxyl groups is 1. The predicted octanol–water partition coefficient (Wildman–Crippen LogP) is 3.31. The molecule has 0 heterocycles. The molecule has 0 radical (unpaired) electrons. The molecule has 1 fully saturated rings. The topological polar surface area (TPSA) is 46.5 Å². The van der Waals surface area contributed by atoms with E-state index >= 15 is 0 Å². The van der Waals surface area contributed by atoms with Gasteiger partial charge in [0.15, 0.2) is 0 Å². The maximum Gasteiger partial charge on any atom is 0.309 e. The maximum atomic E-state index is 12.0. The zero-order chi connectivity index (χ0) is 14.6. The van der Waals surface area contributed by atoms with Gasteiger partial charge in [0.1, 0.15) is 6.61 Å². The van der Waals surface area contributed by atoms with E-state index in [4.69, 9.17) is 4.74 Å². The van der Waals surface area contributed by atoms with Crippen LogP contribution in [0.25, 0.3) is 0 Å². The van der Waals surface area contributed by atoms with E-state index in [9.17, 15) is 9.90 Å². The van der Waals surface area contributed by atoms with E-state index in [2.05, 4.69) is 0 Å². The zero-order valence-electron chi connectivity index (χ0n) is 12.3. The third-order valence-corrected chi connectivity index (χ3v) is 4.28. The van der Waals surface area contributed by atoms with Crippen molar-refractivity contribution in [1.82, 2.24) is 0 Å². The van der Waals surface area contributed by atoms with Gasteiger partial charge >= 0.3 is 5.97 Å². The average molecular weight is 276 g/mol. The van der Waals surface area contributed by atoms with Crippen molar-refractivity contribution in [3.63, 3.8) is 0 Å². The molecular formula is C17H24O3. The molecule has 0 aromatic heterocycles. The summed E-state index contributed by atoms with van der Waals surface area (Å²) in [5.41, 5.74) is 0.380. The normalized spacial score (nSPS) is 23.4. The highest BCUT2D eigenvalue weighted by atomic mass is 16.5.